The SMILES string of the molecule is CCC.CCCCC(CC)COc1cc(C)c(OC)cc1/C=C/C(C)(C)C. The molecule has 1 rings (SSSR count). The van der Waals surface area contributed by atoms with Crippen molar-refractivity contribution in [3.8, 4) is 11.5 Å². The lowest BCUT2D eigenvalue weighted by molar-refractivity contribution is 0.232. The third-order valence-corrected chi connectivity index (χ3v) is 4.31. The molecule has 156 valence electrons. The smallest absolute Gasteiger partial charge is 0.127 e. The molecule has 0 saturated carbocycles. The van der Waals surface area contributed by atoms with Crippen molar-refractivity contribution in [3.63, 3.8) is 0 Å². The van der Waals surface area contributed by atoms with Crippen molar-refractivity contribution < 1.29 is 9.47 Å². The molecular formula is C25H44O2. The van der Waals surface area contributed by atoms with Gasteiger partial charge in [0, 0.05) is 5.56 Å². The van der Waals surface area contributed by atoms with Gasteiger partial charge >= 0.3 is 0 Å². The quantitative estimate of drug-likeness (QED) is 0.433. The van der Waals surface area contributed by atoms with Gasteiger partial charge in [0.15, 0.2) is 0 Å². The fraction of sp³-hybridized carbons (Fsp3) is 0.680. The van der Waals surface area contributed by atoms with Gasteiger partial charge in [-0.15, -0.1) is 0 Å². The molecule has 0 aromatic heterocycles. The average molecular weight is 377 g/mol. The van der Waals surface area contributed by atoms with Gasteiger partial charge in [-0.05, 0) is 42.4 Å². The highest BCUT2D eigenvalue weighted by molar-refractivity contribution is 5.62. The maximum Gasteiger partial charge on any atom is 0.127 e. The molecule has 1 unspecified atom stereocenters. The minimum Gasteiger partial charge on any atom is -0.496 e. The first-order valence-electron chi connectivity index (χ1n) is 10.7. The van der Waals surface area contributed by atoms with Crippen LogP contribution in [0.2, 0.25) is 0 Å². The fourth-order valence-corrected chi connectivity index (χ4v) is 2.60. The number of benzene rings is 1. The number of allylic oxidation sites excluding steroid dienone is 1. The van der Waals surface area contributed by atoms with Crippen molar-refractivity contribution in [1.29, 1.82) is 0 Å². The van der Waals surface area contributed by atoms with Crippen LogP contribution in [0.3, 0.4) is 0 Å². The first-order chi connectivity index (χ1) is 12.7. The summed E-state index contributed by atoms with van der Waals surface area (Å²) in [6, 6.07) is 4.19. The van der Waals surface area contributed by atoms with Crippen LogP contribution in [0.25, 0.3) is 6.08 Å². The molecule has 2 heteroatoms. The van der Waals surface area contributed by atoms with Crippen LogP contribution in [0.15, 0.2) is 18.2 Å². The Kier molecular flexibility index (Phi) is 13.0. The summed E-state index contributed by atoms with van der Waals surface area (Å²) in [7, 11) is 1.72. The van der Waals surface area contributed by atoms with Crippen molar-refractivity contribution >= 4 is 6.08 Å². The van der Waals surface area contributed by atoms with E-state index in [1.165, 1.54) is 32.1 Å². The molecule has 0 N–H and O–H groups in total. The average Bonchev–Trinajstić information content (AvgIpc) is 2.61. The molecular weight excluding hydrogens is 332 g/mol. The molecule has 1 atom stereocenters. The predicted octanol–water partition coefficient (Wildman–Crippen LogP) is 8.07. The summed E-state index contributed by atoms with van der Waals surface area (Å²) in [5, 5.41) is 0. The Morgan fingerprint density at radius 3 is 2.15 bits per heavy atom. The standard InChI is InChI=1S/C22H36O2.C3H8/c1-8-10-11-18(9-2)16-24-21-14-17(3)20(23-7)15-19(21)12-13-22(4,5)6;1-3-2/h12-15,18H,8-11,16H2,1-7H3;3H2,1-2H3/b13-12+;. The number of rotatable bonds is 9. The van der Waals surface area contributed by atoms with Crippen molar-refractivity contribution in [1.82, 2.24) is 0 Å². The number of aryl methyl sites for hydroxylation is 1. The summed E-state index contributed by atoms with van der Waals surface area (Å²) in [4.78, 5) is 0. The van der Waals surface area contributed by atoms with E-state index < -0.39 is 0 Å². The molecule has 0 fully saturated rings. The van der Waals surface area contributed by atoms with Crippen LogP contribution < -0.4 is 9.47 Å². The van der Waals surface area contributed by atoms with Gasteiger partial charge in [0.1, 0.15) is 11.5 Å². The molecule has 0 aliphatic heterocycles. The normalized spacial score (nSPS) is 12.5. The molecule has 1 aromatic carbocycles. The Labute approximate surface area is 169 Å². The van der Waals surface area contributed by atoms with Crippen molar-refractivity contribution in [2.75, 3.05) is 13.7 Å². The highest BCUT2D eigenvalue weighted by atomic mass is 16.5. The Bertz CT molecular complexity index is 538. The van der Waals surface area contributed by atoms with E-state index in [-0.39, 0.29) is 5.41 Å². The van der Waals surface area contributed by atoms with E-state index in [4.69, 9.17) is 9.47 Å². The summed E-state index contributed by atoms with van der Waals surface area (Å²) in [5.74, 6) is 2.50. The van der Waals surface area contributed by atoms with Crippen LogP contribution in [0, 0.1) is 18.3 Å². The number of methoxy groups -OCH3 is 1. The summed E-state index contributed by atoms with van der Waals surface area (Å²) < 4.78 is 11.7. The Balaban J connectivity index is 0.00000210. The largest absolute Gasteiger partial charge is 0.496 e. The predicted molar refractivity (Wildman–Crippen MR) is 121 cm³/mol. The Morgan fingerprint density at radius 1 is 1.04 bits per heavy atom. The summed E-state index contributed by atoms with van der Waals surface area (Å²) in [6.07, 6.45) is 10.6. The maximum absolute atomic E-state index is 6.23. The van der Waals surface area contributed by atoms with Crippen LogP contribution in [0.4, 0.5) is 0 Å². The molecule has 0 saturated heterocycles. The van der Waals surface area contributed by atoms with Crippen LogP contribution in [0.1, 0.15) is 91.7 Å². The zero-order valence-electron chi connectivity index (χ0n) is 19.4. The van der Waals surface area contributed by atoms with Crippen molar-refractivity contribution in [2.45, 2.75) is 87.5 Å². The van der Waals surface area contributed by atoms with E-state index >= 15 is 0 Å². The monoisotopic (exact) mass is 376 g/mol. The second-order valence-electron chi connectivity index (χ2n) is 8.49. The molecule has 0 amide bonds. The molecule has 0 bridgehead atoms. The molecule has 0 heterocycles. The lowest BCUT2D eigenvalue weighted by atomic mass is 9.95. The van der Waals surface area contributed by atoms with Gasteiger partial charge in [-0.1, -0.05) is 86.3 Å². The van der Waals surface area contributed by atoms with Gasteiger partial charge in [0.05, 0.1) is 13.7 Å². The van der Waals surface area contributed by atoms with Gasteiger partial charge in [0.2, 0.25) is 0 Å². The highest BCUT2D eigenvalue weighted by Gasteiger charge is 2.12. The zero-order valence-corrected chi connectivity index (χ0v) is 19.4. The van der Waals surface area contributed by atoms with Crippen LogP contribution in [-0.4, -0.2) is 13.7 Å². The summed E-state index contributed by atoms with van der Waals surface area (Å²) in [5.41, 5.74) is 2.35. The fourth-order valence-electron chi connectivity index (χ4n) is 2.60. The minimum atomic E-state index is 0.141. The first kappa shape index (κ1) is 25.6. The second kappa shape index (κ2) is 13.7. The number of unbranched alkanes of at least 4 members (excludes halogenated alkanes) is 1. The molecule has 0 aliphatic rings. The number of hydrogen-bond acceptors (Lipinski definition) is 2. The molecule has 27 heavy (non-hydrogen) atoms. The van der Waals surface area contributed by atoms with Crippen LogP contribution in [0.5, 0.6) is 11.5 Å². The molecule has 2 nitrogen and oxygen atoms in total. The zero-order chi connectivity index (χ0) is 20.9. The Hall–Kier alpha value is -1.44. The van der Waals surface area contributed by atoms with Gasteiger partial charge in [-0.2, -0.15) is 0 Å². The topological polar surface area (TPSA) is 18.5 Å². The van der Waals surface area contributed by atoms with E-state index in [0.29, 0.717) is 5.92 Å². The van der Waals surface area contributed by atoms with E-state index in [1.807, 2.05) is 0 Å². The van der Waals surface area contributed by atoms with Gasteiger partial charge in [0.25, 0.3) is 0 Å². The summed E-state index contributed by atoms with van der Waals surface area (Å²) in [6.45, 7) is 18.2. The number of hydrogen-bond donors (Lipinski definition) is 0. The molecule has 0 spiro atoms. The maximum atomic E-state index is 6.23. The molecule has 1 aromatic rings. The molecule has 0 aliphatic carbocycles. The lowest BCUT2D eigenvalue weighted by Crippen LogP contribution is -2.12. The van der Waals surface area contributed by atoms with E-state index in [0.717, 1.165) is 29.2 Å². The number of ether oxygens (including phenoxy) is 2. The van der Waals surface area contributed by atoms with Crippen LogP contribution in [-0.2, 0) is 0 Å². The lowest BCUT2D eigenvalue weighted by Gasteiger charge is -2.19. The second-order valence-corrected chi connectivity index (χ2v) is 8.49. The van der Waals surface area contributed by atoms with Gasteiger partial charge in [-0.25, -0.2) is 0 Å². The van der Waals surface area contributed by atoms with Gasteiger partial charge in [-0.3, -0.25) is 0 Å². The Morgan fingerprint density at radius 2 is 1.67 bits per heavy atom. The third-order valence-electron chi connectivity index (χ3n) is 4.31. The molecule has 0 radical (unpaired) electrons. The van der Waals surface area contributed by atoms with Crippen molar-refractivity contribution in [3.05, 3.63) is 29.3 Å². The first-order valence-corrected chi connectivity index (χ1v) is 10.7. The third kappa shape index (κ3) is 11.1. The highest BCUT2D eigenvalue weighted by Crippen LogP contribution is 2.31. The van der Waals surface area contributed by atoms with Crippen molar-refractivity contribution in [2.24, 2.45) is 11.3 Å². The van der Waals surface area contributed by atoms with E-state index in [2.05, 4.69) is 79.7 Å². The van der Waals surface area contributed by atoms with Crippen LogP contribution >= 0.6 is 0 Å². The minimum absolute atomic E-state index is 0.141. The van der Waals surface area contributed by atoms with E-state index in [1.54, 1.807) is 7.11 Å². The van der Waals surface area contributed by atoms with Gasteiger partial charge < -0.3 is 9.47 Å². The van der Waals surface area contributed by atoms with E-state index in [9.17, 15) is 0 Å². The summed E-state index contributed by atoms with van der Waals surface area (Å²) >= 11 is 0.